The third-order valence-electron chi connectivity index (χ3n) is 6.70. The van der Waals surface area contributed by atoms with Crippen LogP contribution in [0.15, 0.2) is 48.8 Å². The molecule has 1 aliphatic heterocycles. The third-order valence-corrected chi connectivity index (χ3v) is 6.70. The number of nitrogens with zero attached hydrogens (tertiary/aromatic N) is 3. The van der Waals surface area contributed by atoms with Gasteiger partial charge in [-0.05, 0) is 55.0 Å². The molecule has 1 atom stereocenters. The van der Waals surface area contributed by atoms with Crippen LogP contribution in [0.5, 0.6) is 0 Å². The Balaban J connectivity index is 1.39. The first-order valence-electron chi connectivity index (χ1n) is 11.4. The zero-order chi connectivity index (χ0) is 21.6. The van der Waals surface area contributed by atoms with Crippen LogP contribution < -0.4 is 5.32 Å². The number of rotatable bonds is 6. The maximum absolute atomic E-state index is 13.2. The molecule has 2 fully saturated rings. The molecule has 2 amide bonds. The minimum Gasteiger partial charge on any atom is -0.351 e. The number of carbonyl (C=O) groups is 2. The summed E-state index contributed by atoms with van der Waals surface area (Å²) in [4.78, 5) is 34.5. The smallest absolute Gasteiger partial charge is 0.254 e. The molecule has 0 spiro atoms. The van der Waals surface area contributed by atoms with Gasteiger partial charge in [0.2, 0.25) is 5.91 Å². The van der Waals surface area contributed by atoms with Crippen LogP contribution in [0.4, 0.5) is 0 Å². The Labute approximate surface area is 184 Å². The Kier molecular flexibility index (Phi) is 6.97. The molecule has 2 heterocycles. The Morgan fingerprint density at radius 1 is 1.03 bits per heavy atom. The van der Waals surface area contributed by atoms with Gasteiger partial charge in [-0.2, -0.15) is 0 Å². The van der Waals surface area contributed by atoms with Gasteiger partial charge in [-0.15, -0.1) is 0 Å². The summed E-state index contributed by atoms with van der Waals surface area (Å²) in [6.07, 6.45) is 8.11. The predicted molar refractivity (Wildman–Crippen MR) is 120 cm³/mol. The number of benzene rings is 1. The highest BCUT2D eigenvalue weighted by atomic mass is 16.2. The van der Waals surface area contributed by atoms with Crippen LogP contribution in [0.2, 0.25) is 0 Å². The monoisotopic (exact) mass is 420 g/mol. The van der Waals surface area contributed by atoms with Gasteiger partial charge in [0.1, 0.15) is 0 Å². The molecule has 164 valence electrons. The molecule has 1 saturated carbocycles. The van der Waals surface area contributed by atoms with Crippen molar-refractivity contribution in [1.82, 2.24) is 20.1 Å². The van der Waals surface area contributed by atoms with Crippen molar-refractivity contribution < 1.29 is 9.59 Å². The van der Waals surface area contributed by atoms with E-state index in [0.29, 0.717) is 25.6 Å². The van der Waals surface area contributed by atoms with E-state index in [9.17, 15) is 9.59 Å². The number of aromatic nitrogens is 1. The topological polar surface area (TPSA) is 65.5 Å². The molecule has 0 bridgehead atoms. The van der Waals surface area contributed by atoms with E-state index in [-0.39, 0.29) is 17.9 Å². The van der Waals surface area contributed by atoms with Crippen molar-refractivity contribution in [2.45, 2.75) is 45.2 Å². The SMILES string of the molecule is Cc1ccccc1C(=O)N1CCN(C(C(=O)NCc2ccncc2)C2CCCC2)CC1. The zero-order valence-corrected chi connectivity index (χ0v) is 18.3. The molecule has 6 heteroatoms. The summed E-state index contributed by atoms with van der Waals surface area (Å²) in [5, 5.41) is 3.15. The van der Waals surface area contributed by atoms with Crippen LogP contribution in [0.3, 0.4) is 0 Å². The van der Waals surface area contributed by atoms with Crippen LogP contribution >= 0.6 is 0 Å². The molecule has 0 radical (unpaired) electrons. The first kappa shape index (κ1) is 21.5. The van der Waals surface area contributed by atoms with Gasteiger partial charge in [0, 0.05) is 50.7 Å². The fourth-order valence-corrected chi connectivity index (χ4v) is 4.93. The molecule has 6 nitrogen and oxygen atoms in total. The molecule has 2 aliphatic rings. The molecule has 1 N–H and O–H groups in total. The summed E-state index contributed by atoms with van der Waals surface area (Å²) in [6.45, 7) is 5.30. The predicted octanol–water partition coefficient (Wildman–Crippen LogP) is 3.02. The van der Waals surface area contributed by atoms with Crippen LogP contribution in [0.25, 0.3) is 0 Å². The van der Waals surface area contributed by atoms with Gasteiger partial charge in [-0.25, -0.2) is 0 Å². The largest absolute Gasteiger partial charge is 0.351 e. The maximum atomic E-state index is 13.2. The molecule has 4 rings (SSSR count). The van der Waals surface area contributed by atoms with Crippen molar-refractivity contribution in [3.05, 3.63) is 65.5 Å². The van der Waals surface area contributed by atoms with Gasteiger partial charge in [-0.3, -0.25) is 19.5 Å². The number of hydrogen-bond acceptors (Lipinski definition) is 4. The molecule has 1 aromatic carbocycles. The van der Waals surface area contributed by atoms with Gasteiger partial charge >= 0.3 is 0 Å². The summed E-state index contributed by atoms with van der Waals surface area (Å²) >= 11 is 0. The molecule has 2 aromatic rings. The minimum atomic E-state index is -0.111. The van der Waals surface area contributed by atoms with Crippen LogP contribution in [-0.4, -0.2) is 58.8 Å². The number of aryl methyl sites for hydroxylation is 1. The molecule has 1 aromatic heterocycles. The van der Waals surface area contributed by atoms with E-state index in [1.807, 2.05) is 48.2 Å². The Morgan fingerprint density at radius 3 is 2.39 bits per heavy atom. The average molecular weight is 421 g/mol. The number of piperazine rings is 1. The summed E-state index contributed by atoms with van der Waals surface area (Å²) in [5.41, 5.74) is 2.84. The lowest BCUT2D eigenvalue weighted by atomic mass is 9.94. The standard InChI is InChI=1S/C25H32N4O2/c1-19-6-2-5-9-22(19)25(31)29-16-14-28(15-17-29)23(21-7-3-4-8-21)24(30)27-18-20-10-12-26-13-11-20/h2,5-6,9-13,21,23H,3-4,7-8,14-18H2,1H3,(H,27,30). The fraction of sp³-hybridized carbons (Fsp3) is 0.480. The van der Waals surface area contributed by atoms with Crippen molar-refractivity contribution in [3.8, 4) is 0 Å². The zero-order valence-electron chi connectivity index (χ0n) is 18.3. The highest BCUT2D eigenvalue weighted by Gasteiger charge is 2.37. The summed E-state index contributed by atoms with van der Waals surface area (Å²) in [7, 11) is 0. The summed E-state index contributed by atoms with van der Waals surface area (Å²) < 4.78 is 0. The van der Waals surface area contributed by atoms with E-state index in [4.69, 9.17) is 0 Å². The lowest BCUT2D eigenvalue weighted by Crippen LogP contribution is -2.57. The minimum absolute atomic E-state index is 0.0947. The first-order valence-corrected chi connectivity index (χ1v) is 11.4. The molecule has 1 unspecified atom stereocenters. The summed E-state index contributed by atoms with van der Waals surface area (Å²) in [6, 6.07) is 11.5. The molecule has 1 aliphatic carbocycles. The molecule has 1 saturated heterocycles. The van der Waals surface area contributed by atoms with E-state index < -0.39 is 0 Å². The number of amides is 2. The molecular formula is C25H32N4O2. The third kappa shape index (κ3) is 5.13. The lowest BCUT2D eigenvalue weighted by Gasteiger charge is -2.41. The van der Waals surface area contributed by atoms with Crippen molar-refractivity contribution >= 4 is 11.8 Å². The van der Waals surface area contributed by atoms with Gasteiger partial charge in [0.25, 0.3) is 5.91 Å². The van der Waals surface area contributed by atoms with Crippen LogP contribution in [0.1, 0.15) is 47.2 Å². The van der Waals surface area contributed by atoms with E-state index in [2.05, 4.69) is 15.2 Å². The van der Waals surface area contributed by atoms with E-state index >= 15 is 0 Å². The second-order valence-corrected chi connectivity index (χ2v) is 8.71. The van der Waals surface area contributed by atoms with Gasteiger partial charge in [-0.1, -0.05) is 31.0 Å². The maximum Gasteiger partial charge on any atom is 0.254 e. The van der Waals surface area contributed by atoms with Crippen LogP contribution in [-0.2, 0) is 11.3 Å². The normalized spacial score (nSPS) is 18.7. The number of carbonyl (C=O) groups excluding carboxylic acids is 2. The molecular weight excluding hydrogens is 388 g/mol. The van der Waals surface area contributed by atoms with E-state index in [1.165, 1.54) is 12.8 Å². The first-order chi connectivity index (χ1) is 15.1. The number of pyridine rings is 1. The Bertz CT molecular complexity index is 887. The molecule has 31 heavy (non-hydrogen) atoms. The second-order valence-electron chi connectivity index (χ2n) is 8.71. The highest BCUT2D eigenvalue weighted by Crippen LogP contribution is 2.31. The quantitative estimate of drug-likeness (QED) is 0.780. The summed E-state index contributed by atoms with van der Waals surface area (Å²) in [5.74, 6) is 0.607. The van der Waals surface area contributed by atoms with E-state index in [0.717, 1.165) is 42.6 Å². The average Bonchev–Trinajstić information content (AvgIpc) is 3.33. The number of hydrogen-bond donors (Lipinski definition) is 1. The van der Waals surface area contributed by atoms with Gasteiger partial charge in [0.15, 0.2) is 0 Å². The van der Waals surface area contributed by atoms with Crippen molar-refractivity contribution in [2.75, 3.05) is 26.2 Å². The van der Waals surface area contributed by atoms with Gasteiger partial charge in [0.05, 0.1) is 6.04 Å². The van der Waals surface area contributed by atoms with Crippen LogP contribution in [0, 0.1) is 12.8 Å². The lowest BCUT2D eigenvalue weighted by molar-refractivity contribution is -0.129. The fourth-order valence-electron chi connectivity index (χ4n) is 4.93. The van der Waals surface area contributed by atoms with Gasteiger partial charge < -0.3 is 10.2 Å². The highest BCUT2D eigenvalue weighted by molar-refractivity contribution is 5.95. The Morgan fingerprint density at radius 2 is 1.71 bits per heavy atom. The van der Waals surface area contributed by atoms with Crippen molar-refractivity contribution in [2.24, 2.45) is 5.92 Å². The van der Waals surface area contributed by atoms with E-state index in [1.54, 1.807) is 12.4 Å². The van der Waals surface area contributed by atoms with Crippen molar-refractivity contribution in [1.29, 1.82) is 0 Å². The second kappa shape index (κ2) is 10.1. The Hall–Kier alpha value is -2.73. The number of nitrogens with one attached hydrogen (secondary N) is 1. The van der Waals surface area contributed by atoms with Crippen molar-refractivity contribution in [3.63, 3.8) is 0 Å².